The molecule has 1 fully saturated rings. The lowest BCUT2D eigenvalue weighted by Gasteiger charge is -2.38. The maximum absolute atomic E-state index is 14.5. The first-order valence-electron chi connectivity index (χ1n) is 8.39. The number of hydrogen-bond acceptors (Lipinski definition) is 3. The van der Waals surface area contributed by atoms with Gasteiger partial charge in [0.15, 0.2) is 0 Å². The van der Waals surface area contributed by atoms with Gasteiger partial charge in [0, 0.05) is 29.4 Å². The molecule has 2 aliphatic rings. The molecule has 3 nitrogen and oxygen atoms in total. The zero-order valence-electron chi connectivity index (χ0n) is 13.7. The number of nitrogens with two attached hydrogens (primary N) is 1. The van der Waals surface area contributed by atoms with E-state index in [2.05, 4.69) is 38.8 Å². The van der Waals surface area contributed by atoms with Crippen LogP contribution in [0.2, 0.25) is 0 Å². The van der Waals surface area contributed by atoms with E-state index < -0.39 is 5.67 Å². The Labute approximate surface area is 150 Å². The van der Waals surface area contributed by atoms with E-state index in [9.17, 15) is 4.39 Å². The molecule has 1 aromatic heterocycles. The van der Waals surface area contributed by atoms with E-state index in [0.717, 1.165) is 34.4 Å². The van der Waals surface area contributed by atoms with Gasteiger partial charge in [-0.2, -0.15) is 0 Å². The Balaban J connectivity index is 1.79. The van der Waals surface area contributed by atoms with Crippen LogP contribution in [-0.4, -0.2) is 28.6 Å². The molecule has 126 valence electrons. The van der Waals surface area contributed by atoms with E-state index >= 15 is 0 Å². The Bertz CT molecular complexity index is 771. The predicted molar refractivity (Wildman–Crippen MR) is 97.7 cm³/mol. The third-order valence-corrected chi connectivity index (χ3v) is 5.76. The van der Waals surface area contributed by atoms with Gasteiger partial charge in [-0.25, -0.2) is 4.39 Å². The Kier molecular flexibility index (Phi) is 3.88. The summed E-state index contributed by atoms with van der Waals surface area (Å²) in [5, 5.41) is 0. The van der Waals surface area contributed by atoms with Crippen molar-refractivity contribution < 1.29 is 4.39 Å². The highest BCUT2D eigenvalue weighted by molar-refractivity contribution is 9.10. The van der Waals surface area contributed by atoms with Crippen LogP contribution in [0.3, 0.4) is 0 Å². The van der Waals surface area contributed by atoms with Crippen LogP contribution in [0.1, 0.15) is 41.3 Å². The number of hydrogen-bond donors (Lipinski definition) is 1. The Morgan fingerprint density at radius 2 is 2.12 bits per heavy atom. The number of rotatable bonds is 3. The van der Waals surface area contributed by atoms with Crippen LogP contribution in [-0.2, 0) is 6.42 Å². The summed E-state index contributed by atoms with van der Waals surface area (Å²) in [7, 11) is 0. The number of nitrogen functional groups attached to an aromatic ring is 1. The first-order valence-corrected chi connectivity index (χ1v) is 9.18. The molecule has 0 bridgehead atoms. The van der Waals surface area contributed by atoms with Crippen LogP contribution in [0.4, 0.5) is 10.1 Å². The first-order chi connectivity index (χ1) is 11.5. The van der Waals surface area contributed by atoms with Gasteiger partial charge in [-0.3, -0.25) is 9.88 Å². The second kappa shape index (κ2) is 5.81. The zero-order chi connectivity index (χ0) is 16.9. The Morgan fingerprint density at radius 1 is 1.33 bits per heavy atom. The minimum absolute atomic E-state index is 0.00521. The van der Waals surface area contributed by atoms with Gasteiger partial charge in [-0.15, -0.1) is 0 Å². The molecule has 1 aliphatic heterocycles. The van der Waals surface area contributed by atoms with Crippen molar-refractivity contribution in [2.24, 2.45) is 0 Å². The van der Waals surface area contributed by atoms with Crippen molar-refractivity contribution in [3.8, 4) is 0 Å². The number of halogens is 2. The summed E-state index contributed by atoms with van der Waals surface area (Å²) < 4.78 is 15.4. The van der Waals surface area contributed by atoms with Crippen LogP contribution in [0.5, 0.6) is 0 Å². The minimum atomic E-state index is -1.01. The molecule has 1 aliphatic carbocycles. The molecule has 2 heterocycles. The van der Waals surface area contributed by atoms with E-state index in [1.54, 1.807) is 0 Å². The molecule has 2 aromatic rings. The Morgan fingerprint density at radius 3 is 2.79 bits per heavy atom. The summed E-state index contributed by atoms with van der Waals surface area (Å²) in [5.74, 6) is 0. The number of nitrogens with zero attached hydrogens (tertiary/aromatic N) is 2. The highest BCUT2D eigenvalue weighted by Crippen LogP contribution is 2.44. The predicted octanol–water partition coefficient (Wildman–Crippen LogP) is 4.18. The van der Waals surface area contributed by atoms with Crippen molar-refractivity contribution in [3.63, 3.8) is 0 Å². The molecule has 0 spiro atoms. The SMILES string of the molecule is Cc1c(N)ccc2c1CCN(CC1(F)CC1)C2c1ccc(Br)cn1. The maximum atomic E-state index is 14.5. The second-order valence-electron chi connectivity index (χ2n) is 7.02. The number of alkyl halides is 1. The summed E-state index contributed by atoms with van der Waals surface area (Å²) in [4.78, 5) is 6.86. The van der Waals surface area contributed by atoms with Crippen LogP contribution >= 0.6 is 15.9 Å². The average Bonchev–Trinajstić information content (AvgIpc) is 3.29. The fourth-order valence-corrected chi connectivity index (χ4v) is 3.92. The largest absolute Gasteiger partial charge is 0.399 e. The maximum Gasteiger partial charge on any atom is 0.123 e. The van der Waals surface area contributed by atoms with Crippen LogP contribution in [0.25, 0.3) is 0 Å². The standard InChI is InChI=1S/C19H21BrFN3/c1-12-14-6-9-24(11-19(21)7-8-19)18(15(14)3-4-16(12)22)17-5-2-13(20)10-23-17/h2-5,10,18H,6-9,11,22H2,1H3. The van der Waals surface area contributed by atoms with Crippen molar-refractivity contribution in [1.29, 1.82) is 0 Å². The van der Waals surface area contributed by atoms with Crippen molar-refractivity contribution in [1.82, 2.24) is 9.88 Å². The smallest absolute Gasteiger partial charge is 0.123 e. The number of aromatic nitrogens is 1. The highest BCUT2D eigenvalue weighted by Gasteiger charge is 2.46. The summed E-state index contributed by atoms with van der Waals surface area (Å²) >= 11 is 3.44. The summed E-state index contributed by atoms with van der Waals surface area (Å²) in [6, 6.07) is 8.08. The van der Waals surface area contributed by atoms with Gasteiger partial charge >= 0.3 is 0 Å². The molecule has 2 N–H and O–H groups in total. The van der Waals surface area contributed by atoms with Crippen LogP contribution in [0.15, 0.2) is 34.9 Å². The molecule has 0 radical (unpaired) electrons. The van der Waals surface area contributed by atoms with Crippen molar-refractivity contribution in [2.75, 3.05) is 18.8 Å². The fourth-order valence-electron chi connectivity index (χ4n) is 3.69. The molecule has 0 saturated heterocycles. The number of benzene rings is 1. The summed E-state index contributed by atoms with van der Waals surface area (Å²) in [6.07, 6.45) is 4.08. The van der Waals surface area contributed by atoms with E-state index in [-0.39, 0.29) is 6.04 Å². The van der Waals surface area contributed by atoms with Crippen molar-refractivity contribution in [2.45, 2.75) is 37.9 Å². The summed E-state index contributed by atoms with van der Waals surface area (Å²) in [5.41, 5.74) is 10.5. The first kappa shape index (κ1) is 16.0. The van der Waals surface area contributed by atoms with Crippen LogP contribution in [0, 0.1) is 6.92 Å². The lowest BCUT2D eigenvalue weighted by molar-refractivity contribution is 0.138. The van der Waals surface area contributed by atoms with Gasteiger partial charge in [0.2, 0.25) is 0 Å². The third-order valence-electron chi connectivity index (χ3n) is 5.29. The van der Waals surface area contributed by atoms with Gasteiger partial charge in [0.05, 0.1) is 11.7 Å². The topological polar surface area (TPSA) is 42.1 Å². The monoisotopic (exact) mass is 389 g/mol. The van der Waals surface area contributed by atoms with Gasteiger partial charge in [-0.05, 0) is 77.0 Å². The van der Waals surface area contributed by atoms with Gasteiger partial charge < -0.3 is 5.73 Å². The lowest BCUT2D eigenvalue weighted by Crippen LogP contribution is -2.41. The van der Waals surface area contributed by atoms with Crippen LogP contribution < -0.4 is 5.73 Å². The minimum Gasteiger partial charge on any atom is -0.399 e. The Hall–Kier alpha value is -1.46. The zero-order valence-corrected chi connectivity index (χ0v) is 15.3. The number of fused-ring (bicyclic) bond motifs is 1. The van der Waals surface area contributed by atoms with E-state index in [0.29, 0.717) is 19.4 Å². The average molecular weight is 390 g/mol. The number of pyridine rings is 1. The van der Waals surface area contributed by atoms with Crippen molar-refractivity contribution in [3.05, 3.63) is 57.3 Å². The molecule has 4 rings (SSSR count). The highest BCUT2D eigenvalue weighted by atomic mass is 79.9. The lowest BCUT2D eigenvalue weighted by atomic mass is 9.86. The number of anilines is 1. The second-order valence-corrected chi connectivity index (χ2v) is 7.94. The molecule has 1 unspecified atom stereocenters. The van der Waals surface area contributed by atoms with E-state index in [1.165, 1.54) is 11.1 Å². The molecule has 24 heavy (non-hydrogen) atoms. The fraction of sp³-hybridized carbons (Fsp3) is 0.421. The summed E-state index contributed by atoms with van der Waals surface area (Å²) in [6.45, 7) is 3.40. The molecule has 0 amide bonds. The van der Waals surface area contributed by atoms with E-state index in [4.69, 9.17) is 5.73 Å². The van der Waals surface area contributed by atoms with E-state index in [1.807, 2.05) is 24.4 Å². The third kappa shape index (κ3) is 2.84. The molecule has 1 aromatic carbocycles. The van der Waals surface area contributed by atoms with Gasteiger partial charge in [0.1, 0.15) is 5.67 Å². The van der Waals surface area contributed by atoms with Gasteiger partial charge in [0.25, 0.3) is 0 Å². The molecular weight excluding hydrogens is 369 g/mol. The normalized spacial score (nSPS) is 22.2. The molecule has 5 heteroatoms. The quantitative estimate of drug-likeness (QED) is 0.800. The molecule has 1 saturated carbocycles. The van der Waals surface area contributed by atoms with Gasteiger partial charge in [-0.1, -0.05) is 6.07 Å². The van der Waals surface area contributed by atoms with Crippen molar-refractivity contribution >= 4 is 21.6 Å². The molecular formula is C19H21BrFN3. The molecule has 1 atom stereocenters.